The largest absolute Gasteiger partial charge is 0.469 e. The first kappa shape index (κ1) is 24.6. The van der Waals surface area contributed by atoms with Crippen molar-refractivity contribution in [1.29, 1.82) is 0 Å². The van der Waals surface area contributed by atoms with Gasteiger partial charge in [-0.15, -0.1) is 5.10 Å². The van der Waals surface area contributed by atoms with E-state index in [1.54, 1.807) is 12.4 Å². The molecular formula is C26H27N7O3S. The maximum absolute atomic E-state index is 12.1. The van der Waals surface area contributed by atoms with Gasteiger partial charge in [-0.3, -0.25) is 15.1 Å². The quantitative estimate of drug-likeness (QED) is 0.362. The molecule has 2 N–H and O–H groups in total. The smallest absolute Gasteiger partial charge is 0.321 e. The van der Waals surface area contributed by atoms with Crippen LogP contribution in [-0.2, 0) is 9.53 Å². The molecule has 0 bridgehead atoms. The number of ether oxygens (including phenoxy) is 1. The number of methoxy groups -OCH3 is 1. The van der Waals surface area contributed by atoms with E-state index >= 15 is 0 Å². The fourth-order valence-electron chi connectivity index (χ4n) is 4.45. The second-order valence-electron chi connectivity index (χ2n) is 8.68. The Morgan fingerprint density at radius 1 is 1.16 bits per heavy atom. The summed E-state index contributed by atoms with van der Waals surface area (Å²) in [5.74, 6) is 0.531. The SMILES string of the molecule is CCNC(=O)Nc1nc2cc(-c3cnnc(N4CCC(C(=O)OC)CC4)c3)cc(-c3ccccn3)c2s1. The van der Waals surface area contributed by atoms with Gasteiger partial charge in [-0.05, 0) is 55.7 Å². The standard InChI is InChI=1S/C26H27N7O3S/c1-3-27-25(35)31-26-30-21-13-17(12-19(23(21)37-26)20-6-4-5-9-28-20)18-14-22(32-29-15-18)33-10-7-16(8-11-33)24(34)36-2/h4-6,9,12-16H,3,7-8,10-11H2,1-2H3,(H2,27,30,31,35). The number of nitrogens with one attached hydrogen (secondary N) is 2. The summed E-state index contributed by atoms with van der Waals surface area (Å²) in [6.45, 7) is 3.80. The molecule has 10 nitrogen and oxygen atoms in total. The Morgan fingerprint density at radius 3 is 2.73 bits per heavy atom. The van der Waals surface area contributed by atoms with E-state index in [0.717, 1.165) is 38.4 Å². The Morgan fingerprint density at radius 2 is 2.00 bits per heavy atom. The predicted molar refractivity (Wildman–Crippen MR) is 144 cm³/mol. The van der Waals surface area contributed by atoms with Gasteiger partial charge < -0.3 is 15.0 Å². The third-order valence-corrected chi connectivity index (χ3v) is 7.34. The number of nitrogens with zero attached hydrogens (tertiary/aromatic N) is 5. The summed E-state index contributed by atoms with van der Waals surface area (Å²) in [7, 11) is 1.43. The lowest BCUT2D eigenvalue weighted by molar-refractivity contribution is -0.146. The van der Waals surface area contributed by atoms with Crippen LogP contribution in [0, 0.1) is 5.92 Å². The highest BCUT2D eigenvalue weighted by molar-refractivity contribution is 7.22. The van der Waals surface area contributed by atoms with Crippen LogP contribution in [0.1, 0.15) is 19.8 Å². The van der Waals surface area contributed by atoms with Crippen LogP contribution in [-0.4, -0.2) is 58.9 Å². The molecule has 0 aliphatic carbocycles. The third kappa shape index (κ3) is 5.36. The Balaban J connectivity index is 1.49. The molecular weight excluding hydrogens is 490 g/mol. The van der Waals surface area contributed by atoms with E-state index in [2.05, 4.69) is 41.8 Å². The number of hydrogen-bond acceptors (Lipinski definition) is 9. The number of rotatable bonds is 6. The molecule has 0 saturated carbocycles. The van der Waals surface area contributed by atoms with Crippen LogP contribution in [0.15, 0.2) is 48.8 Å². The van der Waals surface area contributed by atoms with E-state index in [1.165, 1.54) is 18.4 Å². The number of anilines is 2. The first-order valence-electron chi connectivity index (χ1n) is 12.1. The lowest BCUT2D eigenvalue weighted by Gasteiger charge is -2.31. The van der Waals surface area contributed by atoms with E-state index in [0.29, 0.717) is 37.6 Å². The van der Waals surface area contributed by atoms with Crippen LogP contribution >= 0.6 is 11.3 Å². The number of fused-ring (bicyclic) bond motifs is 1. The molecule has 37 heavy (non-hydrogen) atoms. The molecule has 1 aromatic carbocycles. The molecule has 4 heterocycles. The van der Waals surface area contributed by atoms with Crippen molar-refractivity contribution in [3.63, 3.8) is 0 Å². The van der Waals surface area contributed by atoms with Crippen molar-refractivity contribution in [2.45, 2.75) is 19.8 Å². The summed E-state index contributed by atoms with van der Waals surface area (Å²) in [6, 6.07) is 11.6. The van der Waals surface area contributed by atoms with Gasteiger partial charge >= 0.3 is 12.0 Å². The van der Waals surface area contributed by atoms with Crippen molar-refractivity contribution in [1.82, 2.24) is 25.5 Å². The van der Waals surface area contributed by atoms with Gasteiger partial charge in [0.25, 0.3) is 0 Å². The van der Waals surface area contributed by atoms with Crippen molar-refractivity contribution in [2.24, 2.45) is 5.92 Å². The van der Waals surface area contributed by atoms with Crippen LogP contribution in [0.2, 0.25) is 0 Å². The Bertz CT molecular complexity index is 1420. The topological polar surface area (TPSA) is 122 Å². The number of benzene rings is 1. The highest BCUT2D eigenvalue weighted by atomic mass is 32.1. The highest BCUT2D eigenvalue weighted by Crippen LogP contribution is 2.38. The highest BCUT2D eigenvalue weighted by Gasteiger charge is 2.26. The summed E-state index contributed by atoms with van der Waals surface area (Å²) in [5.41, 5.74) is 4.31. The van der Waals surface area contributed by atoms with E-state index < -0.39 is 0 Å². The number of pyridine rings is 1. The molecule has 0 unspecified atom stereocenters. The molecule has 11 heteroatoms. The van der Waals surface area contributed by atoms with Gasteiger partial charge in [0, 0.05) is 37.0 Å². The molecule has 2 amide bonds. The van der Waals surface area contributed by atoms with E-state index in [1.807, 2.05) is 37.3 Å². The molecule has 0 radical (unpaired) electrons. The number of amides is 2. The lowest BCUT2D eigenvalue weighted by Crippen LogP contribution is -2.37. The molecule has 1 aliphatic rings. The number of carbonyl (C=O) groups excluding carboxylic acids is 2. The van der Waals surface area contributed by atoms with Gasteiger partial charge in [0.15, 0.2) is 10.9 Å². The molecule has 1 aliphatic heterocycles. The van der Waals surface area contributed by atoms with Crippen molar-refractivity contribution >= 4 is 44.5 Å². The summed E-state index contributed by atoms with van der Waals surface area (Å²) in [6.07, 6.45) is 4.92. The molecule has 190 valence electrons. The second-order valence-corrected chi connectivity index (χ2v) is 9.68. The molecule has 3 aromatic heterocycles. The van der Waals surface area contributed by atoms with Crippen molar-refractivity contribution in [2.75, 3.05) is 37.0 Å². The zero-order valence-corrected chi connectivity index (χ0v) is 21.4. The van der Waals surface area contributed by atoms with Crippen LogP contribution < -0.4 is 15.5 Å². The maximum Gasteiger partial charge on any atom is 0.321 e. The van der Waals surface area contributed by atoms with Gasteiger partial charge in [0.2, 0.25) is 0 Å². The Kier molecular flexibility index (Phi) is 7.22. The molecule has 0 spiro atoms. The number of piperidine rings is 1. The number of thiazole rings is 1. The summed E-state index contributed by atoms with van der Waals surface area (Å²) < 4.78 is 5.83. The van der Waals surface area contributed by atoms with Crippen LogP contribution in [0.5, 0.6) is 0 Å². The van der Waals surface area contributed by atoms with Gasteiger partial charge in [-0.25, -0.2) is 9.78 Å². The normalized spacial score (nSPS) is 13.9. The number of urea groups is 1. The first-order valence-corrected chi connectivity index (χ1v) is 12.9. The fourth-order valence-corrected chi connectivity index (χ4v) is 5.41. The van der Waals surface area contributed by atoms with E-state index in [4.69, 9.17) is 4.74 Å². The monoisotopic (exact) mass is 517 g/mol. The van der Waals surface area contributed by atoms with Crippen LogP contribution in [0.3, 0.4) is 0 Å². The van der Waals surface area contributed by atoms with Gasteiger partial charge in [-0.1, -0.05) is 17.4 Å². The fraction of sp³-hybridized carbons (Fsp3) is 0.308. The summed E-state index contributed by atoms with van der Waals surface area (Å²) >= 11 is 1.41. The van der Waals surface area contributed by atoms with Gasteiger partial charge in [0.05, 0.1) is 35.1 Å². The molecule has 5 rings (SSSR count). The summed E-state index contributed by atoms with van der Waals surface area (Å²) in [4.78, 5) is 35.4. The number of carbonyl (C=O) groups is 2. The van der Waals surface area contributed by atoms with Crippen molar-refractivity contribution in [3.8, 4) is 22.4 Å². The Hall–Kier alpha value is -4.12. The van der Waals surface area contributed by atoms with Crippen molar-refractivity contribution in [3.05, 3.63) is 48.8 Å². The summed E-state index contributed by atoms with van der Waals surface area (Å²) in [5, 5.41) is 14.7. The minimum atomic E-state index is -0.292. The van der Waals surface area contributed by atoms with Crippen LogP contribution in [0.25, 0.3) is 32.6 Å². The minimum Gasteiger partial charge on any atom is -0.469 e. The van der Waals surface area contributed by atoms with E-state index in [9.17, 15) is 9.59 Å². The first-order chi connectivity index (χ1) is 18.1. The second kappa shape index (κ2) is 10.9. The zero-order valence-electron chi connectivity index (χ0n) is 20.6. The third-order valence-electron chi connectivity index (χ3n) is 6.32. The minimum absolute atomic E-state index is 0.0763. The van der Waals surface area contributed by atoms with Gasteiger partial charge in [0.1, 0.15) is 0 Å². The molecule has 1 fully saturated rings. The number of aromatic nitrogens is 4. The maximum atomic E-state index is 12.1. The number of esters is 1. The zero-order chi connectivity index (χ0) is 25.8. The van der Waals surface area contributed by atoms with Gasteiger partial charge in [-0.2, -0.15) is 5.10 Å². The number of hydrogen-bond donors (Lipinski definition) is 2. The lowest BCUT2D eigenvalue weighted by atomic mass is 9.97. The van der Waals surface area contributed by atoms with E-state index in [-0.39, 0.29) is 17.9 Å². The van der Waals surface area contributed by atoms with Crippen molar-refractivity contribution < 1.29 is 14.3 Å². The molecule has 4 aromatic rings. The average molecular weight is 518 g/mol. The molecule has 1 saturated heterocycles. The average Bonchev–Trinajstić information content (AvgIpc) is 3.35. The Labute approximate surface area is 218 Å². The van der Waals surface area contributed by atoms with Crippen LogP contribution in [0.4, 0.5) is 15.7 Å². The predicted octanol–water partition coefficient (Wildman–Crippen LogP) is 4.35. The molecule has 0 atom stereocenters.